The average Bonchev–Trinajstić information content (AvgIpc) is 2.95. The van der Waals surface area contributed by atoms with E-state index < -0.39 is 0 Å². The number of carbonyl (C=O) groups is 1. The van der Waals surface area contributed by atoms with Gasteiger partial charge in [-0.3, -0.25) is 4.79 Å². The number of benzene rings is 2. The lowest BCUT2D eigenvalue weighted by Crippen LogP contribution is -2.21. The molecule has 5 nitrogen and oxygen atoms in total. The molecule has 0 radical (unpaired) electrons. The molecule has 2 aromatic carbocycles. The number of methoxy groups -OCH3 is 1. The minimum Gasteiger partial charge on any atom is -0.484 e. The van der Waals surface area contributed by atoms with Crippen LogP contribution in [0.4, 0.5) is 0 Å². The fraction of sp³-hybridized carbons (Fsp3) is 0.300. The second-order valence-electron chi connectivity index (χ2n) is 6.11. The van der Waals surface area contributed by atoms with E-state index in [1.165, 1.54) is 16.9 Å². The van der Waals surface area contributed by atoms with Gasteiger partial charge >= 0.3 is 0 Å². The SMILES string of the molecule is COCCn1c(=NC(=O)COc2ccc(C)cc2)sc2cc(C)ccc21. The van der Waals surface area contributed by atoms with Crippen molar-refractivity contribution >= 4 is 27.5 Å². The largest absolute Gasteiger partial charge is 0.484 e. The molecule has 0 atom stereocenters. The van der Waals surface area contributed by atoms with E-state index in [2.05, 4.69) is 30.1 Å². The highest BCUT2D eigenvalue weighted by Gasteiger charge is 2.09. The molecule has 136 valence electrons. The van der Waals surface area contributed by atoms with Gasteiger partial charge in [-0.25, -0.2) is 0 Å². The number of hydrogen-bond acceptors (Lipinski definition) is 4. The molecule has 6 heteroatoms. The average molecular weight is 370 g/mol. The summed E-state index contributed by atoms with van der Waals surface area (Å²) in [7, 11) is 1.66. The van der Waals surface area contributed by atoms with Crippen molar-refractivity contribution in [2.45, 2.75) is 20.4 Å². The van der Waals surface area contributed by atoms with Crippen LogP contribution in [0, 0.1) is 13.8 Å². The zero-order valence-corrected chi connectivity index (χ0v) is 16.0. The number of thiazole rings is 1. The van der Waals surface area contributed by atoms with Gasteiger partial charge < -0.3 is 14.0 Å². The number of amides is 1. The molecule has 1 heterocycles. The lowest BCUT2D eigenvalue weighted by atomic mass is 10.2. The fourth-order valence-corrected chi connectivity index (χ4v) is 3.75. The smallest absolute Gasteiger partial charge is 0.286 e. The Kier molecular flexibility index (Phi) is 5.85. The van der Waals surface area contributed by atoms with Crippen LogP contribution >= 0.6 is 11.3 Å². The molecule has 0 unspecified atom stereocenters. The molecular formula is C20H22N2O3S. The number of nitrogens with zero attached hydrogens (tertiary/aromatic N) is 2. The summed E-state index contributed by atoms with van der Waals surface area (Å²) in [5.74, 6) is 0.360. The number of carbonyl (C=O) groups excluding carboxylic acids is 1. The Morgan fingerprint density at radius 2 is 1.85 bits per heavy atom. The Morgan fingerprint density at radius 3 is 2.58 bits per heavy atom. The third kappa shape index (κ3) is 4.39. The summed E-state index contributed by atoms with van der Waals surface area (Å²) in [6.07, 6.45) is 0. The van der Waals surface area contributed by atoms with Crippen molar-refractivity contribution in [1.29, 1.82) is 0 Å². The number of hydrogen-bond donors (Lipinski definition) is 0. The van der Waals surface area contributed by atoms with Crippen LogP contribution in [-0.2, 0) is 16.1 Å². The van der Waals surface area contributed by atoms with E-state index in [1.807, 2.05) is 35.8 Å². The van der Waals surface area contributed by atoms with Crippen LogP contribution < -0.4 is 9.54 Å². The predicted molar refractivity (Wildman–Crippen MR) is 104 cm³/mol. The summed E-state index contributed by atoms with van der Waals surface area (Å²) >= 11 is 1.50. The van der Waals surface area contributed by atoms with Gasteiger partial charge in [-0.15, -0.1) is 0 Å². The Bertz CT molecular complexity index is 971. The molecule has 26 heavy (non-hydrogen) atoms. The van der Waals surface area contributed by atoms with Crippen LogP contribution in [0.15, 0.2) is 47.5 Å². The molecule has 0 aliphatic heterocycles. The van der Waals surface area contributed by atoms with Crippen LogP contribution in [0.2, 0.25) is 0 Å². The molecule has 0 spiro atoms. The molecule has 0 saturated heterocycles. The van der Waals surface area contributed by atoms with Gasteiger partial charge in [0.05, 0.1) is 16.8 Å². The summed E-state index contributed by atoms with van der Waals surface area (Å²) in [6, 6.07) is 13.8. The molecule has 0 saturated carbocycles. The summed E-state index contributed by atoms with van der Waals surface area (Å²) in [4.78, 5) is 17.2. The van der Waals surface area contributed by atoms with Gasteiger partial charge in [0.1, 0.15) is 5.75 Å². The maximum atomic E-state index is 12.3. The maximum absolute atomic E-state index is 12.3. The number of aromatic nitrogens is 1. The third-order valence-corrected chi connectivity index (χ3v) is 5.00. The highest BCUT2D eigenvalue weighted by molar-refractivity contribution is 7.16. The molecule has 0 bridgehead atoms. The molecule has 0 N–H and O–H groups in total. The number of ether oxygens (including phenoxy) is 2. The normalized spacial score (nSPS) is 11.9. The van der Waals surface area contributed by atoms with E-state index in [9.17, 15) is 4.79 Å². The lowest BCUT2D eigenvalue weighted by Gasteiger charge is -2.05. The van der Waals surface area contributed by atoms with E-state index in [4.69, 9.17) is 9.47 Å². The summed E-state index contributed by atoms with van der Waals surface area (Å²) in [6.45, 7) is 5.17. The van der Waals surface area contributed by atoms with Crippen molar-refractivity contribution < 1.29 is 14.3 Å². The van der Waals surface area contributed by atoms with Crippen molar-refractivity contribution in [2.75, 3.05) is 20.3 Å². The molecular weight excluding hydrogens is 348 g/mol. The minimum atomic E-state index is -0.306. The van der Waals surface area contributed by atoms with Gasteiger partial charge in [-0.1, -0.05) is 35.1 Å². The van der Waals surface area contributed by atoms with Crippen molar-refractivity contribution in [1.82, 2.24) is 4.57 Å². The van der Waals surface area contributed by atoms with Crippen LogP contribution in [0.5, 0.6) is 5.75 Å². The predicted octanol–water partition coefficient (Wildman–Crippen LogP) is 3.47. The Labute approximate surface area is 156 Å². The monoisotopic (exact) mass is 370 g/mol. The highest BCUT2D eigenvalue weighted by Crippen LogP contribution is 2.19. The molecule has 3 rings (SSSR count). The van der Waals surface area contributed by atoms with Gasteiger partial charge in [-0.05, 0) is 43.7 Å². The van der Waals surface area contributed by atoms with Crippen molar-refractivity contribution in [3.8, 4) is 5.75 Å². The van der Waals surface area contributed by atoms with E-state index in [1.54, 1.807) is 7.11 Å². The molecule has 1 aromatic heterocycles. The van der Waals surface area contributed by atoms with Crippen molar-refractivity contribution in [3.05, 3.63) is 58.4 Å². The molecule has 3 aromatic rings. The van der Waals surface area contributed by atoms with Crippen LogP contribution in [0.3, 0.4) is 0 Å². The van der Waals surface area contributed by atoms with Gasteiger partial charge in [0.15, 0.2) is 11.4 Å². The second kappa shape index (κ2) is 8.29. The van der Waals surface area contributed by atoms with Gasteiger partial charge in [0.25, 0.3) is 5.91 Å². The molecule has 1 amide bonds. The Morgan fingerprint density at radius 1 is 1.12 bits per heavy atom. The number of aryl methyl sites for hydroxylation is 2. The number of fused-ring (bicyclic) bond motifs is 1. The summed E-state index contributed by atoms with van der Waals surface area (Å²) in [5.41, 5.74) is 3.38. The Hall–Kier alpha value is -2.44. The topological polar surface area (TPSA) is 52.8 Å². The highest BCUT2D eigenvalue weighted by atomic mass is 32.1. The first kappa shape index (κ1) is 18.4. The second-order valence-corrected chi connectivity index (χ2v) is 7.12. The zero-order valence-electron chi connectivity index (χ0n) is 15.2. The fourth-order valence-electron chi connectivity index (χ4n) is 2.58. The summed E-state index contributed by atoms with van der Waals surface area (Å²) < 4.78 is 13.9. The third-order valence-electron chi connectivity index (χ3n) is 3.96. The van der Waals surface area contributed by atoms with E-state index in [-0.39, 0.29) is 12.5 Å². The summed E-state index contributed by atoms with van der Waals surface area (Å²) in [5, 5.41) is 0. The van der Waals surface area contributed by atoms with E-state index >= 15 is 0 Å². The molecule has 0 aliphatic carbocycles. The first-order valence-corrected chi connectivity index (χ1v) is 9.24. The molecule has 0 aliphatic rings. The van der Waals surface area contributed by atoms with E-state index in [0.29, 0.717) is 23.7 Å². The standard InChI is InChI=1S/C20H22N2O3S/c1-14-4-7-16(8-5-14)25-13-19(23)21-20-22(10-11-24-3)17-9-6-15(2)12-18(17)26-20/h4-9,12H,10-11,13H2,1-3H3. The minimum absolute atomic E-state index is 0.0827. The number of rotatable bonds is 6. The van der Waals surface area contributed by atoms with Crippen LogP contribution in [-0.4, -0.2) is 30.8 Å². The van der Waals surface area contributed by atoms with Crippen molar-refractivity contribution in [2.24, 2.45) is 4.99 Å². The quantitative estimate of drug-likeness (QED) is 0.668. The Balaban J connectivity index is 1.84. The molecule has 0 fully saturated rings. The van der Waals surface area contributed by atoms with Gasteiger partial charge in [0, 0.05) is 13.7 Å². The van der Waals surface area contributed by atoms with Crippen LogP contribution in [0.1, 0.15) is 11.1 Å². The lowest BCUT2D eigenvalue weighted by molar-refractivity contribution is -0.120. The van der Waals surface area contributed by atoms with Crippen molar-refractivity contribution in [3.63, 3.8) is 0 Å². The maximum Gasteiger partial charge on any atom is 0.286 e. The van der Waals surface area contributed by atoms with E-state index in [0.717, 1.165) is 15.8 Å². The van der Waals surface area contributed by atoms with Gasteiger partial charge in [-0.2, -0.15) is 4.99 Å². The van der Waals surface area contributed by atoms with Gasteiger partial charge in [0.2, 0.25) is 0 Å². The zero-order chi connectivity index (χ0) is 18.5. The van der Waals surface area contributed by atoms with Crippen LogP contribution in [0.25, 0.3) is 10.2 Å². The first-order chi connectivity index (χ1) is 12.6. The first-order valence-electron chi connectivity index (χ1n) is 8.43.